The predicted molar refractivity (Wildman–Crippen MR) is 585 cm³/mol. The highest BCUT2D eigenvalue weighted by molar-refractivity contribution is 6.24. The Labute approximate surface area is 831 Å². The van der Waals surface area contributed by atoms with Crippen LogP contribution in [0.5, 0.6) is 0 Å². The van der Waals surface area contributed by atoms with Crippen molar-refractivity contribution in [3.63, 3.8) is 0 Å². The summed E-state index contributed by atoms with van der Waals surface area (Å²) in [6.45, 7) is 0. The molecule has 0 N–H and O–H groups in total. The lowest BCUT2D eigenvalue weighted by atomic mass is 10.0. The molecule has 12 heterocycles. The number of nitrogens with zero attached hydrogens (tertiary/aromatic N) is 16. The Bertz CT molecular complexity index is 10400. The van der Waals surface area contributed by atoms with Gasteiger partial charge in [-0.2, -0.15) is 0 Å². The molecule has 0 unspecified atom stereocenters. The molecule has 0 aliphatic rings. The molecule has 19 nitrogen and oxygen atoms in total. The van der Waals surface area contributed by atoms with Crippen LogP contribution in [-0.4, -0.2) is 78.5 Å². The van der Waals surface area contributed by atoms with E-state index in [1.807, 2.05) is 243 Å². The molecular formula is C127H76N16O3. The van der Waals surface area contributed by atoms with Crippen LogP contribution in [0.1, 0.15) is 0 Å². The molecule has 682 valence electrons. The maximum absolute atomic E-state index is 6.56. The first kappa shape index (κ1) is 83.8. The van der Waals surface area contributed by atoms with Gasteiger partial charge in [0.1, 0.15) is 39.6 Å². The molecular weight excluding hydrogens is 1800 g/mol. The summed E-state index contributed by atoms with van der Waals surface area (Å²) < 4.78 is 26.1. The average molecular weight is 1870 g/mol. The standard InChI is InChI=1S/C43H26N6O.2C42H25N5O/c1-3-12-27(13-4-1)29-16-11-17-30(24-29)41-46-40(28-14-5-2-6-15-28)47-42(48-41)31-25-44-43(45-26-31)49-36-20-9-7-18-32(36)34-22-23-35-33-19-8-10-21-37(33)50-39(35)38(34)49;1-2-13-27(14-3-1)40-44-41(33-19-10-15-26-12-4-5-16-28(26)33)46-42(45-40)34-20-11-23-37(43-34)47-35-21-8-6-17-29(35)31-24-25-32-30-18-7-9-22-36(30)48-39(32)38(31)47;1-2-11-27(12-3-1)40-44-41(29-19-18-26-10-4-5-13-28(26)24-29)46-42(45-40)30-22-23-43-37(25-30)47-35-16-8-6-14-31(35)33-20-21-34-32-15-7-9-17-36(32)48-39(34)38(33)47/h1-26H;2*1-25H. The fraction of sp³-hybridized carbons (Fsp3) is 0. The van der Waals surface area contributed by atoms with Crippen LogP contribution < -0.4 is 0 Å². The first-order valence-electron chi connectivity index (χ1n) is 48.2. The molecule has 146 heavy (non-hydrogen) atoms. The third kappa shape index (κ3) is 14.6. The minimum absolute atomic E-state index is 0.493. The Kier molecular flexibility index (Phi) is 20.1. The van der Waals surface area contributed by atoms with Crippen LogP contribution in [0.2, 0.25) is 0 Å². The first-order chi connectivity index (χ1) is 72.4. The summed E-state index contributed by atoms with van der Waals surface area (Å²) in [6.07, 6.45) is 5.40. The molecule has 19 heteroatoms. The van der Waals surface area contributed by atoms with Crippen molar-refractivity contribution in [1.82, 2.24) is 78.5 Å². The van der Waals surface area contributed by atoms with E-state index in [9.17, 15) is 0 Å². The molecule has 30 aromatic rings. The number of benzene rings is 18. The van der Waals surface area contributed by atoms with Gasteiger partial charge in [0.05, 0.1) is 33.1 Å². The van der Waals surface area contributed by atoms with Crippen molar-refractivity contribution in [2.75, 3.05) is 0 Å². The van der Waals surface area contributed by atoms with Gasteiger partial charge in [-0.3, -0.25) is 13.7 Å². The first-order valence-corrected chi connectivity index (χ1v) is 48.2. The highest BCUT2D eigenvalue weighted by atomic mass is 16.3. The van der Waals surface area contributed by atoms with E-state index in [4.69, 9.17) is 78.0 Å². The Morgan fingerprint density at radius 1 is 0.178 bits per heavy atom. The Morgan fingerprint density at radius 3 is 1.06 bits per heavy atom. The number of rotatable bonds is 13. The Morgan fingerprint density at radius 2 is 0.534 bits per heavy atom. The largest absolute Gasteiger partial charge is 0.454 e. The molecule has 0 amide bonds. The molecule has 0 atom stereocenters. The lowest BCUT2D eigenvalue weighted by Gasteiger charge is -2.11. The van der Waals surface area contributed by atoms with E-state index in [0.717, 1.165) is 209 Å². The van der Waals surface area contributed by atoms with Crippen molar-refractivity contribution in [1.29, 1.82) is 0 Å². The van der Waals surface area contributed by atoms with Gasteiger partial charge in [0.25, 0.3) is 0 Å². The number of para-hydroxylation sites is 6. The van der Waals surface area contributed by atoms with Crippen molar-refractivity contribution < 1.29 is 13.3 Å². The SMILES string of the molecule is c1ccc(-c2cccc(-c3nc(-c4ccccc4)nc(-c4cnc(-n5c6ccccc6c6ccc7c8ccccc8oc7c65)nc4)n3)c2)cc1.c1ccc(-c2nc(-c3cccc(-n4c5ccccc5c5ccc6c7ccccc7oc6c54)n3)nc(-c3cccc4ccccc34)n2)cc1.c1ccc(-c2nc(-c3ccnc(-n4c5ccccc5c5ccc6c7ccccc7oc6c54)c3)nc(-c3ccc4ccccc4c3)n2)cc1. The second-order valence-corrected chi connectivity index (χ2v) is 36.0. The van der Waals surface area contributed by atoms with E-state index in [2.05, 4.69) is 220 Å². The molecule has 0 radical (unpaired) electrons. The summed E-state index contributed by atoms with van der Waals surface area (Å²) in [5.74, 6) is 7.18. The predicted octanol–water partition coefficient (Wildman–Crippen LogP) is 31.2. The smallest absolute Gasteiger partial charge is 0.234 e. The van der Waals surface area contributed by atoms with Crippen LogP contribution in [0.15, 0.2) is 475 Å². The minimum atomic E-state index is 0.493. The van der Waals surface area contributed by atoms with E-state index in [1.165, 1.54) is 5.39 Å². The zero-order valence-electron chi connectivity index (χ0n) is 77.8. The van der Waals surface area contributed by atoms with Crippen LogP contribution in [-0.2, 0) is 0 Å². The number of hydrogen-bond donors (Lipinski definition) is 0. The van der Waals surface area contributed by atoms with E-state index in [0.29, 0.717) is 69.6 Å². The molecule has 0 bridgehead atoms. The highest BCUT2D eigenvalue weighted by Crippen LogP contribution is 2.46. The van der Waals surface area contributed by atoms with Crippen molar-refractivity contribution in [3.8, 4) is 131 Å². The van der Waals surface area contributed by atoms with Crippen LogP contribution >= 0.6 is 0 Å². The third-order valence-corrected chi connectivity index (χ3v) is 27.3. The zero-order valence-corrected chi connectivity index (χ0v) is 77.8. The molecule has 0 saturated heterocycles. The zero-order chi connectivity index (χ0) is 96.2. The lowest BCUT2D eigenvalue weighted by molar-refractivity contribution is 0.670. The maximum atomic E-state index is 6.56. The fourth-order valence-corrected chi connectivity index (χ4v) is 20.5. The van der Waals surface area contributed by atoms with Crippen LogP contribution in [0.3, 0.4) is 0 Å². The number of hydrogen-bond acceptors (Lipinski definition) is 16. The Hall–Kier alpha value is -20.3. The lowest BCUT2D eigenvalue weighted by Crippen LogP contribution is -2.03. The number of pyridine rings is 2. The second-order valence-electron chi connectivity index (χ2n) is 36.0. The fourth-order valence-electron chi connectivity index (χ4n) is 20.5. The van der Waals surface area contributed by atoms with Crippen molar-refractivity contribution in [2.45, 2.75) is 0 Å². The van der Waals surface area contributed by atoms with E-state index in [-0.39, 0.29) is 0 Å². The summed E-state index contributed by atoms with van der Waals surface area (Å²) in [4.78, 5) is 64.9. The molecule has 0 aliphatic carbocycles. The molecule has 0 spiro atoms. The third-order valence-electron chi connectivity index (χ3n) is 27.3. The molecule has 0 fully saturated rings. The second kappa shape index (κ2) is 34.9. The maximum Gasteiger partial charge on any atom is 0.234 e. The van der Waals surface area contributed by atoms with Crippen molar-refractivity contribution in [3.05, 3.63) is 461 Å². The van der Waals surface area contributed by atoms with Gasteiger partial charge >= 0.3 is 0 Å². The summed E-state index contributed by atoms with van der Waals surface area (Å²) in [5.41, 5.74) is 20.9. The monoisotopic (exact) mass is 1870 g/mol. The van der Waals surface area contributed by atoms with E-state index < -0.39 is 0 Å². The van der Waals surface area contributed by atoms with Crippen molar-refractivity contribution >= 4 is 153 Å². The normalized spacial score (nSPS) is 11.7. The Balaban J connectivity index is 0.000000106. The van der Waals surface area contributed by atoms with Gasteiger partial charge in [0, 0.05) is 122 Å². The molecule has 18 aromatic carbocycles. The summed E-state index contributed by atoms with van der Waals surface area (Å²) >= 11 is 0. The van der Waals surface area contributed by atoms with E-state index in [1.54, 1.807) is 12.4 Å². The van der Waals surface area contributed by atoms with Crippen molar-refractivity contribution in [2.24, 2.45) is 0 Å². The van der Waals surface area contributed by atoms with Crippen LogP contribution in [0, 0.1) is 0 Å². The number of aromatic nitrogens is 16. The molecule has 30 rings (SSSR count). The van der Waals surface area contributed by atoms with Gasteiger partial charge in [0.2, 0.25) is 5.95 Å². The minimum Gasteiger partial charge on any atom is -0.454 e. The summed E-state index contributed by atoms with van der Waals surface area (Å²) in [5, 5.41) is 17.6. The molecule has 0 aliphatic heterocycles. The van der Waals surface area contributed by atoms with Gasteiger partial charge in [-0.1, -0.05) is 352 Å². The number of furan rings is 3. The van der Waals surface area contributed by atoms with E-state index >= 15 is 0 Å². The van der Waals surface area contributed by atoms with Gasteiger partial charge in [-0.25, -0.2) is 64.8 Å². The topological polar surface area (TPSA) is 222 Å². The average Bonchev–Trinajstić information content (AvgIpc) is 1.57. The summed E-state index contributed by atoms with van der Waals surface area (Å²) in [7, 11) is 0. The molecule has 0 saturated carbocycles. The molecule has 12 aromatic heterocycles. The number of fused-ring (bicyclic) bond motifs is 23. The van der Waals surface area contributed by atoms with Crippen LogP contribution in [0.25, 0.3) is 284 Å². The van der Waals surface area contributed by atoms with Gasteiger partial charge in [-0.05, 0) is 124 Å². The highest BCUT2D eigenvalue weighted by Gasteiger charge is 2.28. The van der Waals surface area contributed by atoms with Gasteiger partial charge < -0.3 is 13.3 Å². The van der Waals surface area contributed by atoms with Gasteiger partial charge in [0.15, 0.2) is 69.2 Å². The summed E-state index contributed by atoms with van der Waals surface area (Å²) in [6, 6.07) is 150. The van der Waals surface area contributed by atoms with Gasteiger partial charge in [-0.15, -0.1) is 0 Å². The quantitative estimate of drug-likeness (QED) is 0.105. The van der Waals surface area contributed by atoms with Crippen LogP contribution in [0.4, 0.5) is 0 Å².